The SMILES string of the molecule is C=C1C[C@@H](OC(=O)[C@@H](C)Oc2ccc3ccccc3c2)[C@@H]2CCCC[C@H]12. The van der Waals surface area contributed by atoms with Crippen LogP contribution in [-0.4, -0.2) is 18.2 Å². The van der Waals surface area contributed by atoms with Crippen LogP contribution in [0.3, 0.4) is 0 Å². The van der Waals surface area contributed by atoms with Crippen molar-refractivity contribution in [1.29, 1.82) is 0 Å². The number of esters is 1. The molecule has 0 bridgehead atoms. The number of hydrogen-bond acceptors (Lipinski definition) is 3. The number of carbonyl (C=O) groups excluding carboxylic acids is 1. The molecule has 136 valence electrons. The maximum absolute atomic E-state index is 12.6. The Morgan fingerprint density at radius 2 is 1.88 bits per heavy atom. The van der Waals surface area contributed by atoms with Gasteiger partial charge in [0, 0.05) is 12.3 Å². The zero-order valence-corrected chi connectivity index (χ0v) is 15.3. The highest BCUT2D eigenvalue weighted by atomic mass is 16.6. The molecule has 3 nitrogen and oxygen atoms in total. The average Bonchev–Trinajstić information content (AvgIpc) is 2.97. The van der Waals surface area contributed by atoms with Gasteiger partial charge in [0.25, 0.3) is 0 Å². The largest absolute Gasteiger partial charge is 0.479 e. The minimum absolute atomic E-state index is 0.0250. The first-order chi connectivity index (χ1) is 12.6. The lowest BCUT2D eigenvalue weighted by atomic mass is 9.80. The maximum atomic E-state index is 12.6. The van der Waals surface area contributed by atoms with Crippen LogP contribution in [0.4, 0.5) is 0 Å². The van der Waals surface area contributed by atoms with E-state index in [1.54, 1.807) is 6.92 Å². The fraction of sp³-hybridized carbons (Fsp3) is 0.435. The molecule has 26 heavy (non-hydrogen) atoms. The van der Waals surface area contributed by atoms with Crippen LogP contribution in [0, 0.1) is 11.8 Å². The number of hydrogen-bond donors (Lipinski definition) is 0. The van der Waals surface area contributed by atoms with Gasteiger partial charge in [0.05, 0.1) is 0 Å². The van der Waals surface area contributed by atoms with Crippen molar-refractivity contribution < 1.29 is 14.3 Å². The van der Waals surface area contributed by atoms with Gasteiger partial charge >= 0.3 is 5.97 Å². The standard InChI is InChI=1S/C23H26O3/c1-15-13-22(21-10-6-5-9-20(15)21)26-23(24)16(2)25-19-12-11-17-7-3-4-8-18(17)14-19/h3-4,7-8,11-12,14,16,20-22H,1,5-6,9-10,13H2,2H3/t16-,20-,21-,22-/m1/s1. The van der Waals surface area contributed by atoms with E-state index in [0.717, 1.165) is 23.6 Å². The molecule has 0 heterocycles. The lowest BCUT2D eigenvalue weighted by Crippen LogP contribution is -2.33. The highest BCUT2D eigenvalue weighted by molar-refractivity contribution is 5.84. The first kappa shape index (κ1) is 17.1. The van der Waals surface area contributed by atoms with E-state index >= 15 is 0 Å². The Bertz CT molecular complexity index is 825. The van der Waals surface area contributed by atoms with Crippen molar-refractivity contribution in [3.63, 3.8) is 0 Å². The van der Waals surface area contributed by atoms with Crippen LogP contribution in [0.5, 0.6) is 5.75 Å². The highest BCUT2D eigenvalue weighted by Crippen LogP contribution is 2.46. The molecule has 0 unspecified atom stereocenters. The Morgan fingerprint density at radius 1 is 1.12 bits per heavy atom. The Morgan fingerprint density at radius 3 is 2.73 bits per heavy atom. The third kappa shape index (κ3) is 3.35. The summed E-state index contributed by atoms with van der Waals surface area (Å²) in [5.41, 5.74) is 1.26. The number of carbonyl (C=O) groups is 1. The molecular weight excluding hydrogens is 324 g/mol. The second kappa shape index (κ2) is 7.14. The number of rotatable bonds is 4. The normalized spacial score (nSPS) is 26.3. The molecule has 2 fully saturated rings. The van der Waals surface area contributed by atoms with Crippen molar-refractivity contribution in [3.8, 4) is 5.75 Å². The van der Waals surface area contributed by atoms with Gasteiger partial charge in [-0.1, -0.05) is 55.3 Å². The number of benzene rings is 2. The van der Waals surface area contributed by atoms with Crippen molar-refractivity contribution in [2.45, 2.75) is 51.2 Å². The Balaban J connectivity index is 1.40. The predicted octanol–water partition coefficient (Wildman–Crippen LogP) is 5.29. The van der Waals surface area contributed by atoms with E-state index < -0.39 is 6.10 Å². The van der Waals surface area contributed by atoms with E-state index in [0.29, 0.717) is 17.6 Å². The molecule has 0 amide bonds. The first-order valence-corrected chi connectivity index (χ1v) is 9.65. The molecule has 2 aromatic carbocycles. The van der Waals surface area contributed by atoms with Crippen LogP contribution >= 0.6 is 0 Å². The molecule has 2 saturated carbocycles. The quantitative estimate of drug-likeness (QED) is 0.555. The zero-order valence-electron chi connectivity index (χ0n) is 15.3. The summed E-state index contributed by atoms with van der Waals surface area (Å²) in [7, 11) is 0. The second-order valence-corrected chi connectivity index (χ2v) is 7.66. The molecule has 0 spiro atoms. The molecule has 3 heteroatoms. The molecule has 0 radical (unpaired) electrons. The van der Waals surface area contributed by atoms with Gasteiger partial charge in [-0.25, -0.2) is 4.79 Å². The van der Waals surface area contributed by atoms with Crippen molar-refractivity contribution in [2.75, 3.05) is 0 Å². The van der Waals surface area contributed by atoms with E-state index in [4.69, 9.17) is 9.47 Å². The van der Waals surface area contributed by atoms with E-state index in [1.165, 1.54) is 24.8 Å². The van der Waals surface area contributed by atoms with Gasteiger partial charge in [-0.15, -0.1) is 0 Å². The van der Waals surface area contributed by atoms with E-state index in [-0.39, 0.29) is 12.1 Å². The molecular formula is C23H26O3. The third-order valence-corrected chi connectivity index (χ3v) is 5.92. The predicted molar refractivity (Wildman–Crippen MR) is 103 cm³/mol. The summed E-state index contributed by atoms with van der Waals surface area (Å²) in [6.45, 7) is 5.98. The van der Waals surface area contributed by atoms with Crippen molar-refractivity contribution in [1.82, 2.24) is 0 Å². The number of ether oxygens (including phenoxy) is 2. The van der Waals surface area contributed by atoms with E-state index in [9.17, 15) is 4.79 Å². The van der Waals surface area contributed by atoms with Gasteiger partial charge in [0.2, 0.25) is 0 Å². The Labute approximate surface area is 155 Å². The van der Waals surface area contributed by atoms with Gasteiger partial charge in [-0.3, -0.25) is 0 Å². The molecule has 0 N–H and O–H groups in total. The maximum Gasteiger partial charge on any atom is 0.347 e. The molecule has 4 atom stereocenters. The Hall–Kier alpha value is -2.29. The van der Waals surface area contributed by atoms with Crippen LogP contribution < -0.4 is 4.74 Å². The summed E-state index contributed by atoms with van der Waals surface area (Å²) >= 11 is 0. The number of fused-ring (bicyclic) bond motifs is 2. The summed E-state index contributed by atoms with van der Waals surface area (Å²) in [5, 5.41) is 2.26. The average molecular weight is 350 g/mol. The van der Waals surface area contributed by atoms with Gasteiger partial charge in [-0.2, -0.15) is 0 Å². The minimum atomic E-state index is -0.618. The van der Waals surface area contributed by atoms with Crippen molar-refractivity contribution >= 4 is 16.7 Å². The second-order valence-electron chi connectivity index (χ2n) is 7.66. The van der Waals surface area contributed by atoms with Gasteiger partial charge in [0.15, 0.2) is 6.10 Å². The van der Waals surface area contributed by atoms with Crippen LogP contribution in [0.15, 0.2) is 54.6 Å². The molecule has 0 aromatic heterocycles. The summed E-state index contributed by atoms with van der Waals surface area (Å²) in [5.74, 6) is 1.41. The van der Waals surface area contributed by atoms with Crippen LogP contribution in [0.1, 0.15) is 39.0 Å². The van der Waals surface area contributed by atoms with Gasteiger partial charge in [0.1, 0.15) is 11.9 Å². The molecule has 0 saturated heterocycles. The fourth-order valence-corrected chi connectivity index (χ4v) is 4.54. The Kier molecular flexibility index (Phi) is 4.71. The van der Waals surface area contributed by atoms with Crippen LogP contribution in [0.2, 0.25) is 0 Å². The van der Waals surface area contributed by atoms with E-state index in [1.807, 2.05) is 36.4 Å². The summed E-state index contributed by atoms with van der Waals surface area (Å²) < 4.78 is 11.7. The van der Waals surface area contributed by atoms with E-state index in [2.05, 4.69) is 12.6 Å². The molecule has 4 rings (SSSR count). The monoisotopic (exact) mass is 350 g/mol. The minimum Gasteiger partial charge on any atom is -0.479 e. The third-order valence-electron chi connectivity index (χ3n) is 5.92. The summed E-state index contributed by atoms with van der Waals surface area (Å²) in [6.07, 6.45) is 5.00. The first-order valence-electron chi connectivity index (χ1n) is 9.65. The lowest BCUT2D eigenvalue weighted by Gasteiger charge is -2.29. The lowest BCUT2D eigenvalue weighted by molar-refractivity contribution is -0.159. The van der Waals surface area contributed by atoms with Crippen molar-refractivity contribution in [2.24, 2.45) is 11.8 Å². The zero-order chi connectivity index (χ0) is 18.1. The molecule has 2 aliphatic rings. The van der Waals surface area contributed by atoms with Gasteiger partial charge < -0.3 is 9.47 Å². The van der Waals surface area contributed by atoms with Crippen LogP contribution in [0.25, 0.3) is 10.8 Å². The van der Waals surface area contributed by atoms with Gasteiger partial charge in [-0.05, 0) is 48.6 Å². The summed E-state index contributed by atoms with van der Waals surface area (Å²) in [4.78, 5) is 12.6. The molecule has 2 aromatic rings. The topological polar surface area (TPSA) is 35.5 Å². The smallest absolute Gasteiger partial charge is 0.347 e. The highest BCUT2D eigenvalue weighted by Gasteiger charge is 2.42. The van der Waals surface area contributed by atoms with Crippen LogP contribution in [-0.2, 0) is 9.53 Å². The molecule has 2 aliphatic carbocycles. The van der Waals surface area contributed by atoms with Crippen molar-refractivity contribution in [3.05, 3.63) is 54.6 Å². The fourth-order valence-electron chi connectivity index (χ4n) is 4.54. The molecule has 0 aliphatic heterocycles. The summed E-state index contributed by atoms with van der Waals surface area (Å²) in [6, 6.07) is 14.0.